The zero-order valence-corrected chi connectivity index (χ0v) is 17.8. The Morgan fingerprint density at radius 2 is 1.93 bits per heavy atom. The highest BCUT2D eigenvalue weighted by molar-refractivity contribution is 7.99. The minimum Gasteiger partial charge on any atom is -0.493 e. The molecule has 2 unspecified atom stereocenters. The molecule has 29 heavy (non-hydrogen) atoms. The van der Waals surface area contributed by atoms with Crippen LogP contribution in [0, 0.1) is 0 Å². The summed E-state index contributed by atoms with van der Waals surface area (Å²) in [5.41, 5.74) is 0.510. The molecule has 0 spiro atoms. The van der Waals surface area contributed by atoms with Crippen molar-refractivity contribution in [1.29, 1.82) is 0 Å². The summed E-state index contributed by atoms with van der Waals surface area (Å²) >= 11 is 1.51. The number of nitrogens with one attached hydrogen (secondary N) is 2. The number of nitrogens with zero attached hydrogens (tertiary/aromatic N) is 2. The van der Waals surface area contributed by atoms with Crippen LogP contribution in [0.1, 0.15) is 32.1 Å². The van der Waals surface area contributed by atoms with Gasteiger partial charge in [0, 0.05) is 18.0 Å². The Balaban J connectivity index is 1.69. The van der Waals surface area contributed by atoms with E-state index in [4.69, 9.17) is 18.7 Å². The van der Waals surface area contributed by atoms with Gasteiger partial charge in [-0.3, -0.25) is 10.1 Å². The lowest BCUT2D eigenvalue weighted by Crippen LogP contribution is -2.54. The number of rotatable bonds is 9. The van der Waals surface area contributed by atoms with Gasteiger partial charge < -0.3 is 24.1 Å². The number of hydrogen-bond donors (Lipinski definition) is 2. The number of carbonyl (C=O) groups is 1. The maximum Gasteiger partial charge on any atom is 0.237 e. The van der Waals surface area contributed by atoms with E-state index in [1.165, 1.54) is 11.8 Å². The first kappa shape index (κ1) is 21.3. The maximum atomic E-state index is 11.9. The van der Waals surface area contributed by atoms with E-state index >= 15 is 0 Å². The number of hydrogen-bond acceptors (Lipinski definition) is 9. The minimum absolute atomic E-state index is 0.0586. The second-order valence-electron chi connectivity index (χ2n) is 6.54. The number of methoxy groups -OCH3 is 3. The molecule has 0 aliphatic carbocycles. The lowest BCUT2D eigenvalue weighted by atomic mass is 10.1. The number of ether oxygens (including phenoxy) is 3. The third-order valence-electron chi connectivity index (χ3n) is 4.51. The van der Waals surface area contributed by atoms with E-state index in [2.05, 4.69) is 27.7 Å². The van der Waals surface area contributed by atoms with Crippen molar-refractivity contribution >= 4 is 17.7 Å². The molecule has 2 heterocycles. The quantitative estimate of drug-likeness (QED) is 0.630. The van der Waals surface area contributed by atoms with Crippen molar-refractivity contribution in [3.8, 4) is 28.6 Å². The van der Waals surface area contributed by atoms with Gasteiger partial charge in [-0.25, -0.2) is 0 Å². The Bertz CT molecular complexity index is 819. The van der Waals surface area contributed by atoms with Gasteiger partial charge in [0.15, 0.2) is 11.5 Å². The van der Waals surface area contributed by atoms with Gasteiger partial charge in [-0.05, 0) is 18.6 Å². The average molecular weight is 423 g/mol. The van der Waals surface area contributed by atoms with Crippen LogP contribution >= 0.6 is 11.8 Å². The lowest BCUT2D eigenvalue weighted by Gasteiger charge is -2.30. The predicted molar refractivity (Wildman–Crippen MR) is 109 cm³/mol. The lowest BCUT2D eigenvalue weighted by molar-refractivity contribution is -0.123. The van der Waals surface area contributed by atoms with Crippen molar-refractivity contribution in [3.63, 3.8) is 0 Å². The molecule has 1 aromatic carbocycles. The van der Waals surface area contributed by atoms with Crippen molar-refractivity contribution in [3.05, 3.63) is 18.0 Å². The van der Waals surface area contributed by atoms with E-state index < -0.39 is 0 Å². The second kappa shape index (κ2) is 9.84. The highest BCUT2D eigenvalue weighted by atomic mass is 32.2. The molecule has 3 rings (SSSR count). The molecule has 1 aliphatic rings. The van der Waals surface area contributed by atoms with Gasteiger partial charge >= 0.3 is 0 Å². The zero-order chi connectivity index (χ0) is 20.8. The number of amides is 1. The summed E-state index contributed by atoms with van der Waals surface area (Å²) in [4.78, 5) is 16.3. The van der Waals surface area contributed by atoms with Crippen LogP contribution in [0.2, 0.25) is 0 Å². The first-order chi connectivity index (χ1) is 14.1. The normalized spacial score (nSPS) is 19.0. The van der Waals surface area contributed by atoms with Crippen LogP contribution in [-0.4, -0.2) is 48.9 Å². The van der Waals surface area contributed by atoms with E-state index in [9.17, 15) is 4.79 Å². The summed E-state index contributed by atoms with van der Waals surface area (Å²) in [5, 5.41) is 10.4. The van der Waals surface area contributed by atoms with E-state index in [0.717, 1.165) is 12.8 Å². The molecule has 10 heteroatoms. The first-order valence-corrected chi connectivity index (χ1v) is 10.4. The van der Waals surface area contributed by atoms with Crippen LogP contribution < -0.4 is 24.8 Å². The molecule has 2 aromatic rings. The molecule has 1 aromatic heterocycles. The molecule has 0 saturated carbocycles. The van der Waals surface area contributed by atoms with E-state index in [0.29, 0.717) is 46.7 Å². The molecule has 2 atom stereocenters. The van der Waals surface area contributed by atoms with Crippen LogP contribution in [0.5, 0.6) is 17.2 Å². The Labute approximate surface area is 173 Å². The Morgan fingerprint density at radius 1 is 1.21 bits per heavy atom. The van der Waals surface area contributed by atoms with Crippen molar-refractivity contribution in [1.82, 2.24) is 20.8 Å². The summed E-state index contributed by atoms with van der Waals surface area (Å²) < 4.78 is 21.5. The Kier molecular flexibility index (Phi) is 7.21. The molecule has 1 aliphatic heterocycles. The van der Waals surface area contributed by atoms with Gasteiger partial charge in [-0.2, -0.15) is 4.98 Å². The molecule has 1 saturated heterocycles. The molecular formula is C19H26N4O5S. The van der Waals surface area contributed by atoms with Crippen molar-refractivity contribution in [2.45, 2.75) is 43.5 Å². The fourth-order valence-electron chi connectivity index (χ4n) is 3.16. The smallest absolute Gasteiger partial charge is 0.237 e. The molecule has 158 valence electrons. The van der Waals surface area contributed by atoms with Gasteiger partial charge in [-0.1, -0.05) is 18.5 Å². The zero-order valence-electron chi connectivity index (χ0n) is 17.0. The summed E-state index contributed by atoms with van der Waals surface area (Å²) in [6.45, 7) is 2.11. The van der Waals surface area contributed by atoms with Crippen LogP contribution in [0.4, 0.5) is 0 Å². The van der Waals surface area contributed by atoms with Crippen LogP contribution in [0.3, 0.4) is 0 Å². The highest BCUT2D eigenvalue weighted by Crippen LogP contribution is 2.40. The fourth-order valence-corrected chi connectivity index (χ4v) is 4.09. The van der Waals surface area contributed by atoms with Crippen molar-refractivity contribution in [2.75, 3.05) is 21.3 Å². The largest absolute Gasteiger partial charge is 0.493 e. The maximum absolute atomic E-state index is 11.9. The minimum atomic E-state index is -0.177. The Morgan fingerprint density at radius 3 is 2.55 bits per heavy atom. The molecule has 9 nitrogen and oxygen atoms in total. The standard InChI is InChI=1S/C19H26N4O5S/c1-5-6-12-9-15(24)21-19(20-12)29-10-16-22-18(23-28-16)11-7-13(25-2)17(27-4)14(8-11)26-3/h7-8,12,19-20H,5-6,9-10H2,1-4H3,(H,21,24). The monoisotopic (exact) mass is 422 g/mol. The van der Waals surface area contributed by atoms with Crippen molar-refractivity contribution < 1.29 is 23.5 Å². The second-order valence-corrected chi connectivity index (χ2v) is 7.63. The fraction of sp³-hybridized carbons (Fsp3) is 0.526. The molecular weight excluding hydrogens is 396 g/mol. The van der Waals surface area contributed by atoms with E-state index in [-0.39, 0.29) is 17.4 Å². The summed E-state index contributed by atoms with van der Waals surface area (Å²) in [5.74, 6) is 2.94. The molecule has 2 N–H and O–H groups in total. The topological polar surface area (TPSA) is 108 Å². The summed E-state index contributed by atoms with van der Waals surface area (Å²) in [6, 6.07) is 3.73. The average Bonchev–Trinajstić information content (AvgIpc) is 3.20. The van der Waals surface area contributed by atoms with Gasteiger partial charge in [-0.15, -0.1) is 11.8 Å². The summed E-state index contributed by atoms with van der Waals surface area (Å²) in [7, 11) is 4.65. The molecule has 0 radical (unpaired) electrons. The van der Waals surface area contributed by atoms with E-state index in [1.54, 1.807) is 33.5 Å². The number of thioether (sulfide) groups is 1. The molecule has 0 bridgehead atoms. The summed E-state index contributed by atoms with van der Waals surface area (Å²) in [6.07, 6.45) is 2.51. The number of aromatic nitrogens is 2. The van der Waals surface area contributed by atoms with Crippen LogP contribution in [0.15, 0.2) is 16.7 Å². The van der Waals surface area contributed by atoms with Crippen LogP contribution in [-0.2, 0) is 10.5 Å². The van der Waals surface area contributed by atoms with Gasteiger partial charge in [0.1, 0.15) is 5.50 Å². The number of carbonyl (C=O) groups excluding carboxylic acids is 1. The van der Waals surface area contributed by atoms with Gasteiger partial charge in [0.2, 0.25) is 23.4 Å². The highest BCUT2D eigenvalue weighted by Gasteiger charge is 2.26. The SMILES string of the molecule is CCCC1CC(=O)NC(SCc2nc(-c3cc(OC)c(OC)c(OC)c3)no2)N1. The molecule has 1 fully saturated rings. The first-order valence-electron chi connectivity index (χ1n) is 9.37. The Hall–Kier alpha value is -2.46. The third kappa shape index (κ3) is 5.13. The van der Waals surface area contributed by atoms with Crippen molar-refractivity contribution in [2.24, 2.45) is 0 Å². The predicted octanol–water partition coefficient (Wildman–Crippen LogP) is 2.56. The van der Waals surface area contributed by atoms with E-state index in [1.807, 2.05) is 0 Å². The van der Waals surface area contributed by atoms with Crippen LogP contribution in [0.25, 0.3) is 11.4 Å². The third-order valence-corrected chi connectivity index (χ3v) is 5.51. The number of benzene rings is 1. The molecule has 1 amide bonds. The van der Waals surface area contributed by atoms with Gasteiger partial charge in [0.05, 0.1) is 27.1 Å². The van der Waals surface area contributed by atoms with Gasteiger partial charge in [0.25, 0.3) is 0 Å².